The maximum Gasteiger partial charge on any atom is 0.326 e. The highest BCUT2D eigenvalue weighted by molar-refractivity contribution is 6.13. The molecule has 0 fully saturated rings. The lowest BCUT2D eigenvalue weighted by molar-refractivity contribution is -0.142. The van der Waals surface area contributed by atoms with Crippen molar-refractivity contribution in [3.05, 3.63) is 53.1 Å². The Kier molecular flexibility index (Phi) is 6.40. The van der Waals surface area contributed by atoms with Crippen LogP contribution in [0.5, 0.6) is 5.75 Å². The fourth-order valence-corrected chi connectivity index (χ4v) is 3.25. The number of benzene rings is 2. The number of carbonyl (C=O) groups is 3. The summed E-state index contributed by atoms with van der Waals surface area (Å²) in [6.07, 6.45) is 0. The van der Waals surface area contributed by atoms with E-state index in [1.165, 1.54) is 9.80 Å². The third-order valence-corrected chi connectivity index (χ3v) is 5.04. The van der Waals surface area contributed by atoms with E-state index < -0.39 is 5.97 Å². The van der Waals surface area contributed by atoms with Gasteiger partial charge >= 0.3 is 5.97 Å². The second-order valence-corrected chi connectivity index (χ2v) is 7.29. The van der Waals surface area contributed by atoms with E-state index in [-0.39, 0.29) is 38.1 Å². The molecular formula is C23H26N2O5. The quantitative estimate of drug-likeness (QED) is 0.685. The zero-order valence-corrected chi connectivity index (χ0v) is 17.7. The average Bonchev–Trinajstić information content (AvgIpc) is 2.71. The van der Waals surface area contributed by atoms with Crippen molar-refractivity contribution in [2.45, 2.75) is 27.7 Å². The third kappa shape index (κ3) is 4.62. The lowest BCUT2D eigenvalue weighted by atomic mass is 10.0. The van der Waals surface area contributed by atoms with Gasteiger partial charge in [0.15, 0.2) is 6.61 Å². The Hall–Kier alpha value is -3.35. The summed E-state index contributed by atoms with van der Waals surface area (Å²) >= 11 is 0. The number of anilines is 2. The van der Waals surface area contributed by atoms with Crippen LogP contribution < -0.4 is 14.5 Å². The van der Waals surface area contributed by atoms with Crippen LogP contribution in [0.15, 0.2) is 36.4 Å². The molecule has 3 rings (SSSR count). The molecule has 7 heteroatoms. The average molecular weight is 410 g/mol. The molecule has 0 saturated heterocycles. The van der Waals surface area contributed by atoms with Crippen LogP contribution in [-0.2, 0) is 19.1 Å². The molecular weight excluding hydrogens is 384 g/mol. The maximum atomic E-state index is 12.9. The Morgan fingerprint density at radius 2 is 1.63 bits per heavy atom. The summed E-state index contributed by atoms with van der Waals surface area (Å²) in [5.41, 5.74) is 4.14. The second-order valence-electron chi connectivity index (χ2n) is 7.29. The molecule has 2 amide bonds. The topological polar surface area (TPSA) is 76.2 Å². The Bertz CT molecular complexity index is 968. The lowest BCUT2D eigenvalue weighted by Crippen LogP contribution is -2.51. The van der Waals surface area contributed by atoms with Gasteiger partial charge < -0.3 is 9.47 Å². The summed E-state index contributed by atoms with van der Waals surface area (Å²) in [4.78, 5) is 40.5. The number of hydrogen-bond donors (Lipinski definition) is 0. The van der Waals surface area contributed by atoms with E-state index in [1.807, 2.05) is 45.0 Å². The van der Waals surface area contributed by atoms with Gasteiger partial charge in [-0.05, 0) is 63.1 Å². The fraction of sp³-hybridized carbons (Fsp3) is 0.348. The minimum absolute atomic E-state index is 0.162. The number of carbonyl (C=O) groups excluding carboxylic acids is 3. The van der Waals surface area contributed by atoms with Gasteiger partial charge in [0.25, 0.3) is 5.91 Å². The van der Waals surface area contributed by atoms with Crippen molar-refractivity contribution < 1.29 is 23.9 Å². The van der Waals surface area contributed by atoms with E-state index in [4.69, 9.17) is 9.47 Å². The maximum absolute atomic E-state index is 12.9. The molecule has 2 aromatic carbocycles. The minimum atomic E-state index is -0.488. The van der Waals surface area contributed by atoms with Gasteiger partial charge in [0.05, 0.1) is 18.0 Å². The Balaban J connectivity index is 1.85. The van der Waals surface area contributed by atoms with Crippen LogP contribution in [0.2, 0.25) is 0 Å². The van der Waals surface area contributed by atoms with Crippen LogP contribution in [0.4, 0.5) is 11.4 Å². The highest BCUT2D eigenvalue weighted by Gasteiger charge is 2.34. The first-order valence-electron chi connectivity index (χ1n) is 9.87. The van der Waals surface area contributed by atoms with Gasteiger partial charge in [-0.2, -0.15) is 0 Å². The van der Waals surface area contributed by atoms with Crippen molar-refractivity contribution in [2.75, 3.05) is 36.1 Å². The molecule has 0 saturated carbocycles. The van der Waals surface area contributed by atoms with Crippen molar-refractivity contribution in [1.82, 2.24) is 0 Å². The summed E-state index contributed by atoms with van der Waals surface area (Å²) < 4.78 is 10.6. The first-order chi connectivity index (χ1) is 14.3. The molecule has 0 atom stereocenters. The molecule has 30 heavy (non-hydrogen) atoms. The van der Waals surface area contributed by atoms with E-state index in [2.05, 4.69) is 0 Å². The normalized spacial score (nSPS) is 13.1. The van der Waals surface area contributed by atoms with Gasteiger partial charge in [-0.3, -0.25) is 24.2 Å². The molecule has 2 aromatic rings. The number of fused-ring (bicyclic) bond motifs is 1. The summed E-state index contributed by atoms with van der Waals surface area (Å²) in [6, 6.07) is 11.1. The molecule has 0 N–H and O–H groups in total. The van der Waals surface area contributed by atoms with Crippen LogP contribution in [0.3, 0.4) is 0 Å². The zero-order chi connectivity index (χ0) is 21.8. The molecule has 0 aromatic heterocycles. The number of esters is 1. The molecule has 1 aliphatic heterocycles. The van der Waals surface area contributed by atoms with E-state index in [0.717, 1.165) is 16.7 Å². The largest absolute Gasteiger partial charge is 0.484 e. The summed E-state index contributed by atoms with van der Waals surface area (Å²) in [6.45, 7) is 7.23. The zero-order valence-electron chi connectivity index (χ0n) is 17.7. The van der Waals surface area contributed by atoms with Gasteiger partial charge in [0.1, 0.15) is 18.8 Å². The van der Waals surface area contributed by atoms with Crippen molar-refractivity contribution in [1.29, 1.82) is 0 Å². The smallest absolute Gasteiger partial charge is 0.326 e. The Labute approximate surface area is 176 Å². The predicted molar refractivity (Wildman–Crippen MR) is 114 cm³/mol. The number of nitrogens with zero attached hydrogens (tertiary/aromatic N) is 2. The lowest BCUT2D eigenvalue weighted by Gasteiger charge is -2.36. The van der Waals surface area contributed by atoms with Gasteiger partial charge in [0.2, 0.25) is 5.91 Å². The van der Waals surface area contributed by atoms with E-state index in [1.54, 1.807) is 19.1 Å². The van der Waals surface area contributed by atoms with Crippen LogP contribution in [0, 0.1) is 20.8 Å². The minimum Gasteiger partial charge on any atom is -0.484 e. The fourth-order valence-electron chi connectivity index (χ4n) is 3.25. The van der Waals surface area contributed by atoms with Crippen LogP contribution in [0.1, 0.15) is 23.6 Å². The first-order valence-corrected chi connectivity index (χ1v) is 9.87. The van der Waals surface area contributed by atoms with Gasteiger partial charge in [-0.15, -0.1) is 0 Å². The summed E-state index contributed by atoms with van der Waals surface area (Å²) in [7, 11) is 0. The third-order valence-electron chi connectivity index (χ3n) is 5.04. The number of hydrogen-bond acceptors (Lipinski definition) is 5. The van der Waals surface area contributed by atoms with Crippen LogP contribution >= 0.6 is 0 Å². The molecule has 1 heterocycles. The first kappa shape index (κ1) is 21.4. The highest BCUT2D eigenvalue weighted by Crippen LogP contribution is 2.36. The monoisotopic (exact) mass is 410 g/mol. The second kappa shape index (κ2) is 8.98. The SMILES string of the molecule is CCOC(=O)CN1C(=O)CN(C(=O)COc2ccc(C)cc2)c2cc(C)c(C)cc21. The molecule has 0 radical (unpaired) electrons. The van der Waals surface area contributed by atoms with Crippen LogP contribution in [0.25, 0.3) is 0 Å². The summed E-state index contributed by atoms with van der Waals surface area (Å²) in [5, 5.41) is 0. The predicted octanol–water partition coefficient (Wildman–Crippen LogP) is 2.93. The van der Waals surface area contributed by atoms with Crippen molar-refractivity contribution >= 4 is 29.2 Å². The molecule has 7 nitrogen and oxygen atoms in total. The molecule has 158 valence electrons. The molecule has 0 aliphatic carbocycles. The van der Waals surface area contributed by atoms with E-state index in [9.17, 15) is 14.4 Å². The number of amides is 2. The molecule has 0 unspecified atom stereocenters. The van der Waals surface area contributed by atoms with Crippen LogP contribution in [-0.4, -0.2) is 44.1 Å². The van der Waals surface area contributed by atoms with Crippen molar-refractivity contribution in [2.24, 2.45) is 0 Å². The standard InChI is InChI=1S/C23H26N2O5/c1-5-29-23(28)13-25-20-11-17(4)16(3)10-19(20)24(12-21(25)26)22(27)14-30-18-8-6-15(2)7-9-18/h6-11H,5,12-14H2,1-4H3. The van der Waals surface area contributed by atoms with Crippen molar-refractivity contribution in [3.8, 4) is 5.75 Å². The molecule has 0 spiro atoms. The van der Waals surface area contributed by atoms with Gasteiger partial charge in [-0.25, -0.2) is 0 Å². The van der Waals surface area contributed by atoms with E-state index in [0.29, 0.717) is 17.1 Å². The number of ether oxygens (including phenoxy) is 2. The number of rotatable bonds is 6. The summed E-state index contributed by atoms with van der Waals surface area (Å²) in [5.74, 6) is -0.578. The Morgan fingerprint density at radius 3 is 2.27 bits per heavy atom. The highest BCUT2D eigenvalue weighted by atomic mass is 16.5. The van der Waals surface area contributed by atoms with Gasteiger partial charge in [0, 0.05) is 0 Å². The molecule has 0 bridgehead atoms. The van der Waals surface area contributed by atoms with Gasteiger partial charge in [-0.1, -0.05) is 17.7 Å². The number of aryl methyl sites for hydroxylation is 3. The molecule has 1 aliphatic rings. The van der Waals surface area contributed by atoms with Crippen molar-refractivity contribution in [3.63, 3.8) is 0 Å². The van der Waals surface area contributed by atoms with E-state index >= 15 is 0 Å². The Morgan fingerprint density at radius 1 is 1.00 bits per heavy atom.